The van der Waals surface area contributed by atoms with Gasteiger partial charge in [0.2, 0.25) is 0 Å². The predicted octanol–water partition coefficient (Wildman–Crippen LogP) is 5.93. The number of nitrogens with one attached hydrogen (secondary N) is 3. The first-order valence-corrected chi connectivity index (χ1v) is 12.8. The zero-order valence-electron chi connectivity index (χ0n) is 22.4. The summed E-state index contributed by atoms with van der Waals surface area (Å²) in [5, 5.41) is 19.1. The lowest BCUT2D eigenvalue weighted by Gasteiger charge is -2.35. The monoisotopic (exact) mass is 513 g/mol. The molecule has 0 spiro atoms. The lowest BCUT2D eigenvalue weighted by Crippen LogP contribution is -2.46. The van der Waals surface area contributed by atoms with Crippen molar-refractivity contribution in [1.82, 2.24) is 9.88 Å². The number of para-hydroxylation sites is 1. The molecule has 0 aliphatic carbocycles. The highest BCUT2D eigenvalue weighted by atomic mass is 16.6. The van der Waals surface area contributed by atoms with Gasteiger partial charge in [0.25, 0.3) is 0 Å². The molecule has 1 aliphatic rings. The summed E-state index contributed by atoms with van der Waals surface area (Å²) in [7, 11) is 0. The third kappa shape index (κ3) is 7.14. The molecule has 9 nitrogen and oxygen atoms in total. The molecule has 0 saturated carbocycles. The Hall–Kier alpha value is -4.29. The molecule has 1 aliphatic heterocycles. The number of carbonyl (C=O) groups excluding carboxylic acids is 1. The van der Waals surface area contributed by atoms with Gasteiger partial charge in [0.05, 0.1) is 22.6 Å². The molecule has 0 atom stereocenters. The molecule has 9 heteroatoms. The Balaban J connectivity index is 1.61. The first-order valence-electron chi connectivity index (χ1n) is 12.8. The van der Waals surface area contributed by atoms with Gasteiger partial charge in [-0.25, -0.2) is 9.78 Å². The highest BCUT2D eigenvalue weighted by Crippen LogP contribution is 2.32. The fraction of sp³-hybridized carbons (Fsp3) is 0.345. The van der Waals surface area contributed by atoms with Gasteiger partial charge in [0.1, 0.15) is 17.5 Å². The lowest BCUT2D eigenvalue weighted by molar-refractivity contribution is 0.0636. The molecular formula is C29H35N7O2. The number of rotatable bonds is 7. The van der Waals surface area contributed by atoms with Gasteiger partial charge in [-0.1, -0.05) is 25.1 Å². The second kappa shape index (κ2) is 11.8. The van der Waals surface area contributed by atoms with Crippen LogP contribution in [0.25, 0.3) is 0 Å². The van der Waals surface area contributed by atoms with E-state index in [1.807, 2.05) is 69.3 Å². The Morgan fingerprint density at radius 2 is 1.74 bits per heavy atom. The van der Waals surface area contributed by atoms with E-state index in [9.17, 15) is 10.1 Å². The molecular weight excluding hydrogens is 478 g/mol. The molecule has 1 aromatic heterocycles. The molecule has 0 bridgehead atoms. The van der Waals surface area contributed by atoms with E-state index in [0.29, 0.717) is 28.4 Å². The number of nitriles is 1. The number of carbonyl (C=O) groups is 1. The van der Waals surface area contributed by atoms with Gasteiger partial charge in [0, 0.05) is 49.8 Å². The minimum Gasteiger partial charge on any atom is -0.444 e. The maximum Gasteiger partial charge on any atom is 0.412 e. The average molecular weight is 514 g/mol. The Morgan fingerprint density at radius 3 is 2.39 bits per heavy atom. The number of ether oxygens (including phenoxy) is 1. The minimum atomic E-state index is -0.627. The van der Waals surface area contributed by atoms with Crippen LogP contribution >= 0.6 is 0 Å². The number of piperazine rings is 1. The van der Waals surface area contributed by atoms with Crippen molar-refractivity contribution in [3.05, 3.63) is 66.4 Å². The first kappa shape index (κ1) is 26.8. The van der Waals surface area contributed by atoms with E-state index in [-0.39, 0.29) is 0 Å². The van der Waals surface area contributed by atoms with E-state index in [0.717, 1.165) is 44.1 Å². The second-order valence-corrected chi connectivity index (χ2v) is 10.1. The molecule has 2 aromatic carbocycles. The molecule has 3 aromatic rings. The van der Waals surface area contributed by atoms with E-state index in [2.05, 4.69) is 43.7 Å². The van der Waals surface area contributed by atoms with Gasteiger partial charge in [-0.15, -0.1) is 0 Å². The summed E-state index contributed by atoms with van der Waals surface area (Å²) in [4.78, 5) is 21.9. The summed E-state index contributed by atoms with van der Waals surface area (Å²) in [5.74, 6) is 0.527. The third-order valence-corrected chi connectivity index (χ3v) is 6.16. The average Bonchev–Trinajstić information content (AvgIpc) is 2.89. The van der Waals surface area contributed by atoms with Crippen molar-refractivity contribution in [1.29, 1.82) is 5.26 Å². The number of likely N-dealkylation sites (N-methyl/N-ethyl adjacent to an activating group) is 1. The molecule has 198 valence electrons. The van der Waals surface area contributed by atoms with E-state index in [4.69, 9.17) is 4.74 Å². The maximum atomic E-state index is 12.7. The summed E-state index contributed by atoms with van der Waals surface area (Å²) in [6.07, 6.45) is 0.989. The van der Waals surface area contributed by atoms with Gasteiger partial charge in [-0.2, -0.15) is 5.26 Å². The highest BCUT2D eigenvalue weighted by molar-refractivity contribution is 5.92. The van der Waals surface area contributed by atoms with E-state index in [1.54, 1.807) is 6.07 Å². The molecule has 1 fully saturated rings. The van der Waals surface area contributed by atoms with Crippen molar-refractivity contribution in [3.63, 3.8) is 0 Å². The number of pyridine rings is 1. The second-order valence-electron chi connectivity index (χ2n) is 10.1. The zero-order chi connectivity index (χ0) is 27.1. The predicted molar refractivity (Wildman–Crippen MR) is 153 cm³/mol. The van der Waals surface area contributed by atoms with Gasteiger partial charge < -0.3 is 25.2 Å². The highest BCUT2D eigenvalue weighted by Gasteiger charge is 2.20. The SMILES string of the molecule is CCN1CCN(c2ccc(Nc3cc(Nc4ccccc4)c(C#N)cn3)c(NC(=O)OC(C)(C)C)c2)CC1. The van der Waals surface area contributed by atoms with Crippen LogP contribution in [0.1, 0.15) is 33.3 Å². The number of amides is 1. The number of aromatic nitrogens is 1. The van der Waals surface area contributed by atoms with Gasteiger partial charge in [-0.3, -0.25) is 5.32 Å². The van der Waals surface area contributed by atoms with Crippen molar-refractivity contribution >= 4 is 40.3 Å². The Kier molecular flexibility index (Phi) is 8.34. The van der Waals surface area contributed by atoms with Crippen molar-refractivity contribution < 1.29 is 9.53 Å². The third-order valence-electron chi connectivity index (χ3n) is 6.16. The quantitative estimate of drug-likeness (QED) is 0.357. The van der Waals surface area contributed by atoms with Crippen molar-refractivity contribution in [3.8, 4) is 6.07 Å². The molecule has 1 saturated heterocycles. The molecule has 3 N–H and O–H groups in total. The smallest absolute Gasteiger partial charge is 0.412 e. The molecule has 0 unspecified atom stereocenters. The minimum absolute atomic E-state index is 0.424. The molecule has 4 rings (SSSR count). The van der Waals surface area contributed by atoms with Gasteiger partial charge in [0.15, 0.2) is 0 Å². The largest absolute Gasteiger partial charge is 0.444 e. The number of hydrogen-bond donors (Lipinski definition) is 3. The Bertz CT molecular complexity index is 1290. The van der Waals surface area contributed by atoms with E-state index >= 15 is 0 Å². The molecule has 2 heterocycles. The van der Waals surface area contributed by atoms with Gasteiger partial charge >= 0.3 is 6.09 Å². The van der Waals surface area contributed by atoms with E-state index in [1.165, 1.54) is 6.20 Å². The zero-order valence-corrected chi connectivity index (χ0v) is 22.4. The summed E-state index contributed by atoms with van der Waals surface area (Å²) < 4.78 is 5.52. The standard InChI is InChI=1S/C29H35N7O2/c1-5-35-13-15-36(16-14-35)23-11-12-24(26(17-23)34-28(37)38-29(2,3)4)33-27-18-25(21(19-30)20-31-27)32-22-9-7-6-8-10-22/h6-12,17-18,20H,5,13-16H2,1-4H3,(H,34,37)(H2,31,32,33). The maximum absolute atomic E-state index is 12.7. The first-order chi connectivity index (χ1) is 18.2. The van der Waals surface area contributed by atoms with Crippen LogP contribution in [0.4, 0.5) is 39.0 Å². The van der Waals surface area contributed by atoms with Crippen LogP contribution in [0.2, 0.25) is 0 Å². The topological polar surface area (TPSA) is 106 Å². The summed E-state index contributed by atoms with van der Waals surface area (Å²) in [6, 6.07) is 19.5. The van der Waals surface area contributed by atoms with Crippen LogP contribution in [0.5, 0.6) is 0 Å². The fourth-order valence-corrected chi connectivity index (χ4v) is 4.21. The van der Waals surface area contributed by atoms with Crippen LogP contribution in [0.3, 0.4) is 0 Å². The van der Waals surface area contributed by atoms with Crippen LogP contribution in [0.15, 0.2) is 60.8 Å². The van der Waals surface area contributed by atoms with Crippen molar-refractivity contribution in [2.24, 2.45) is 0 Å². The molecule has 38 heavy (non-hydrogen) atoms. The molecule has 0 radical (unpaired) electrons. The van der Waals surface area contributed by atoms with Gasteiger partial charge in [-0.05, 0) is 57.6 Å². The molecule has 1 amide bonds. The van der Waals surface area contributed by atoms with Crippen LogP contribution < -0.4 is 20.9 Å². The number of anilines is 6. The number of hydrogen-bond acceptors (Lipinski definition) is 8. The lowest BCUT2D eigenvalue weighted by atomic mass is 10.2. The van der Waals surface area contributed by atoms with Crippen LogP contribution in [-0.4, -0.2) is 54.3 Å². The summed E-state index contributed by atoms with van der Waals surface area (Å²) >= 11 is 0. The van der Waals surface area contributed by atoms with E-state index < -0.39 is 11.7 Å². The number of nitrogens with zero attached hydrogens (tertiary/aromatic N) is 4. The summed E-state index contributed by atoms with van der Waals surface area (Å²) in [6.45, 7) is 12.5. The van der Waals surface area contributed by atoms with Crippen LogP contribution in [0, 0.1) is 11.3 Å². The van der Waals surface area contributed by atoms with Crippen molar-refractivity contribution in [2.75, 3.05) is 53.6 Å². The normalized spacial score (nSPS) is 13.9. The number of benzene rings is 2. The Morgan fingerprint density at radius 1 is 1.00 bits per heavy atom. The van der Waals surface area contributed by atoms with Crippen LogP contribution in [-0.2, 0) is 4.74 Å². The fourth-order valence-electron chi connectivity index (χ4n) is 4.21. The summed E-state index contributed by atoms with van der Waals surface area (Å²) in [5.41, 5.74) is 3.56. The van der Waals surface area contributed by atoms with Crippen molar-refractivity contribution in [2.45, 2.75) is 33.3 Å². The Labute approximate surface area is 224 Å².